The molecule has 34 heavy (non-hydrogen) atoms. The van der Waals surface area contributed by atoms with Crippen LogP contribution in [0.5, 0.6) is 0 Å². The number of hydrogen-bond donors (Lipinski definition) is 1. The molecule has 4 aliphatic rings. The van der Waals surface area contributed by atoms with E-state index in [0.29, 0.717) is 25.6 Å². The molecule has 1 saturated heterocycles. The number of hydrogen-bond acceptors (Lipinski definition) is 5. The average Bonchev–Trinajstić information content (AvgIpc) is 3.31. The molecular weight excluding hydrogens is 444 g/mol. The zero-order chi connectivity index (χ0) is 24.8. The fourth-order valence-electron chi connectivity index (χ4n) is 7.00. The predicted molar refractivity (Wildman–Crippen MR) is 137 cm³/mol. The maximum atomic E-state index is 11.2. The number of aliphatic hydroxyl groups excluding tert-OH is 1. The van der Waals surface area contributed by atoms with Crippen molar-refractivity contribution >= 4 is 8.32 Å². The third-order valence-corrected chi connectivity index (χ3v) is 14.3. The monoisotopic (exact) mass is 492 g/mol. The summed E-state index contributed by atoms with van der Waals surface area (Å²) in [4.78, 5) is 0. The Bertz CT molecular complexity index is 768. The van der Waals surface area contributed by atoms with E-state index < -0.39 is 25.8 Å². The van der Waals surface area contributed by atoms with Gasteiger partial charge >= 0.3 is 0 Å². The molecule has 0 radical (unpaired) electrons. The molecule has 4 fully saturated rings. The van der Waals surface area contributed by atoms with E-state index in [1.807, 2.05) is 0 Å². The lowest BCUT2D eigenvalue weighted by molar-refractivity contribution is -0.416. The highest BCUT2D eigenvalue weighted by molar-refractivity contribution is 6.74. The molecule has 0 aromatic carbocycles. The van der Waals surface area contributed by atoms with Crippen molar-refractivity contribution in [2.75, 3.05) is 20.3 Å². The van der Waals surface area contributed by atoms with Gasteiger partial charge in [-0.05, 0) is 56.2 Å². The van der Waals surface area contributed by atoms with Crippen LogP contribution in [-0.4, -0.2) is 57.3 Å². The van der Waals surface area contributed by atoms with Crippen LogP contribution in [0.15, 0.2) is 0 Å². The van der Waals surface area contributed by atoms with Crippen molar-refractivity contribution in [3.05, 3.63) is 0 Å². The van der Waals surface area contributed by atoms with E-state index in [0.717, 1.165) is 12.8 Å². The predicted octanol–water partition coefficient (Wildman–Crippen LogP) is 5.52. The Hall–Kier alpha value is -0.423. The van der Waals surface area contributed by atoms with Gasteiger partial charge in [0, 0.05) is 18.9 Å². The molecule has 1 aliphatic heterocycles. The van der Waals surface area contributed by atoms with Gasteiger partial charge in [0.05, 0.1) is 25.2 Å². The van der Waals surface area contributed by atoms with E-state index in [2.05, 4.69) is 52.6 Å². The second-order valence-electron chi connectivity index (χ2n) is 12.6. The molecule has 0 amide bonds. The van der Waals surface area contributed by atoms with Crippen molar-refractivity contribution in [3.8, 4) is 11.8 Å². The van der Waals surface area contributed by atoms with Crippen LogP contribution in [0.25, 0.3) is 0 Å². The first-order valence-electron chi connectivity index (χ1n) is 13.7. The zero-order valence-electron chi connectivity index (χ0n) is 22.6. The van der Waals surface area contributed by atoms with Crippen molar-refractivity contribution in [2.24, 2.45) is 23.7 Å². The third kappa shape index (κ3) is 4.23. The second-order valence-corrected chi connectivity index (χ2v) is 17.4. The summed E-state index contributed by atoms with van der Waals surface area (Å²) in [5, 5.41) is 11.3. The molecular formula is C28H48O5Si. The summed E-state index contributed by atoms with van der Waals surface area (Å²) in [7, 11) is -0.193. The molecule has 3 aliphatic carbocycles. The lowest BCUT2D eigenvalue weighted by Crippen LogP contribution is -2.80. The highest BCUT2D eigenvalue weighted by atomic mass is 28.4. The lowest BCUT2D eigenvalue weighted by atomic mass is 9.46. The van der Waals surface area contributed by atoms with Crippen LogP contribution in [0, 0.1) is 35.5 Å². The lowest BCUT2D eigenvalue weighted by Gasteiger charge is -2.68. The van der Waals surface area contributed by atoms with Crippen LogP contribution in [-0.2, 0) is 18.6 Å². The van der Waals surface area contributed by atoms with Gasteiger partial charge in [-0.3, -0.25) is 0 Å². The fraction of sp³-hybridized carbons (Fsp3) is 0.929. The molecule has 6 heteroatoms. The zero-order valence-corrected chi connectivity index (χ0v) is 23.6. The van der Waals surface area contributed by atoms with Gasteiger partial charge in [-0.25, -0.2) is 0 Å². The average molecular weight is 493 g/mol. The highest BCUT2D eigenvalue weighted by Crippen LogP contribution is 2.66. The van der Waals surface area contributed by atoms with E-state index in [4.69, 9.17) is 18.6 Å². The molecule has 0 aromatic rings. The summed E-state index contributed by atoms with van der Waals surface area (Å²) in [6.45, 7) is 14.9. The Morgan fingerprint density at radius 3 is 2.29 bits per heavy atom. The van der Waals surface area contributed by atoms with Gasteiger partial charge in [-0.2, -0.15) is 0 Å². The summed E-state index contributed by atoms with van der Waals surface area (Å²) in [5.41, 5.74) is -0.524. The summed E-state index contributed by atoms with van der Waals surface area (Å²) >= 11 is 0. The number of ether oxygens (including phenoxy) is 3. The second kappa shape index (κ2) is 9.80. The number of aliphatic hydroxyl groups is 1. The van der Waals surface area contributed by atoms with E-state index in [9.17, 15) is 5.11 Å². The molecule has 5 nitrogen and oxygen atoms in total. The number of methoxy groups -OCH3 is 1. The molecule has 194 valence electrons. The fourth-order valence-corrected chi connectivity index (χ4v) is 8.24. The molecule has 1 spiro atoms. The van der Waals surface area contributed by atoms with Crippen LogP contribution >= 0.6 is 0 Å². The first-order valence-corrected chi connectivity index (χ1v) is 16.6. The third-order valence-electron chi connectivity index (χ3n) is 9.88. The Morgan fingerprint density at radius 2 is 1.74 bits per heavy atom. The van der Waals surface area contributed by atoms with Gasteiger partial charge in [0.1, 0.15) is 11.7 Å². The first kappa shape index (κ1) is 26.6. The molecule has 0 bridgehead atoms. The van der Waals surface area contributed by atoms with Crippen molar-refractivity contribution in [3.63, 3.8) is 0 Å². The van der Waals surface area contributed by atoms with Crippen molar-refractivity contribution < 1.29 is 23.7 Å². The van der Waals surface area contributed by atoms with E-state index >= 15 is 0 Å². The van der Waals surface area contributed by atoms with Gasteiger partial charge in [0.15, 0.2) is 8.32 Å². The summed E-state index contributed by atoms with van der Waals surface area (Å²) < 4.78 is 25.7. The van der Waals surface area contributed by atoms with Gasteiger partial charge in [-0.1, -0.05) is 58.8 Å². The van der Waals surface area contributed by atoms with E-state index in [1.165, 1.54) is 32.1 Å². The molecule has 1 unspecified atom stereocenters. The molecule has 3 saturated carbocycles. The first-order chi connectivity index (χ1) is 16.0. The maximum Gasteiger partial charge on any atom is 0.201 e. The molecule has 0 aromatic heterocycles. The van der Waals surface area contributed by atoms with Crippen LogP contribution in [0.1, 0.15) is 79.1 Å². The van der Waals surface area contributed by atoms with Gasteiger partial charge in [0.25, 0.3) is 0 Å². The Kier molecular flexibility index (Phi) is 7.68. The number of fused-ring (bicyclic) bond motifs is 2. The molecule has 1 N–H and O–H groups in total. The molecule has 6 atom stereocenters. The Morgan fingerprint density at radius 1 is 1.09 bits per heavy atom. The normalized spacial score (nSPS) is 36.9. The van der Waals surface area contributed by atoms with Crippen molar-refractivity contribution in [2.45, 2.75) is 121 Å². The van der Waals surface area contributed by atoms with Crippen LogP contribution in [0.4, 0.5) is 0 Å². The highest BCUT2D eigenvalue weighted by Gasteiger charge is 2.78. The van der Waals surface area contributed by atoms with Crippen LogP contribution in [0.2, 0.25) is 18.1 Å². The smallest absolute Gasteiger partial charge is 0.201 e. The summed E-state index contributed by atoms with van der Waals surface area (Å²) in [6, 6.07) is 0. The van der Waals surface area contributed by atoms with Gasteiger partial charge in [-0.15, -0.1) is 0 Å². The minimum Gasteiger partial charge on any atom is -0.403 e. The van der Waals surface area contributed by atoms with Gasteiger partial charge in [0.2, 0.25) is 5.79 Å². The molecule has 4 rings (SSSR count). The van der Waals surface area contributed by atoms with Crippen molar-refractivity contribution in [1.82, 2.24) is 0 Å². The van der Waals surface area contributed by atoms with Crippen molar-refractivity contribution in [1.29, 1.82) is 0 Å². The van der Waals surface area contributed by atoms with E-state index in [-0.39, 0.29) is 28.9 Å². The SMILES string of the molecule is CCC1[C@@H]2[C@@H](C#C[C@@H](O[Si](C)(C)C(C)(C)C)C3CCCCC3)[C@H](O)CC[C@]2(OC)C12OCCO2. The molecule has 1 heterocycles. The topological polar surface area (TPSA) is 57.2 Å². The largest absolute Gasteiger partial charge is 0.403 e. The van der Waals surface area contributed by atoms with Crippen LogP contribution in [0.3, 0.4) is 0 Å². The number of rotatable bonds is 5. The Balaban J connectivity index is 1.64. The minimum atomic E-state index is -1.97. The van der Waals surface area contributed by atoms with Gasteiger partial charge < -0.3 is 23.7 Å². The summed E-state index contributed by atoms with van der Waals surface area (Å²) in [5.74, 6) is 7.19. The summed E-state index contributed by atoms with van der Waals surface area (Å²) in [6.07, 6.45) is 8.05. The van der Waals surface area contributed by atoms with Crippen LogP contribution < -0.4 is 0 Å². The Labute approximate surface area is 208 Å². The minimum absolute atomic E-state index is 0.0552. The standard InChI is InChI=1S/C28H48O5Si/c1-8-22-25-21(23(29)16-17-27(25,30-5)28(22)31-18-19-32-28)14-15-24(20-12-10-9-11-13-20)33-34(6,7)26(2,3)4/h20-25,29H,8-13,16-19H2,1-7H3/t21-,22?,23+,24+,25-,27+/m0/s1. The quantitative estimate of drug-likeness (QED) is 0.405. The maximum absolute atomic E-state index is 11.2. The van der Waals surface area contributed by atoms with E-state index in [1.54, 1.807) is 7.11 Å².